The number of nitrogens with zero attached hydrogens (tertiary/aromatic N) is 1. The standard InChI is InChI=1S/C17H25NO4/c1-3-22-17(20)14-7-5-9-18(11-14)12-16(19)13-6-4-8-15(10-13)21-2/h4,6,8,10,14,16,19H,3,5,7,9,11-12H2,1-2H3. The normalized spacial score (nSPS) is 20.4. The average Bonchev–Trinajstić information content (AvgIpc) is 2.55. The third-order valence-corrected chi connectivity index (χ3v) is 4.04. The Morgan fingerprint density at radius 3 is 3.05 bits per heavy atom. The molecule has 1 aromatic carbocycles. The van der Waals surface area contributed by atoms with Gasteiger partial charge >= 0.3 is 5.97 Å². The predicted molar refractivity (Wildman–Crippen MR) is 83.8 cm³/mol. The number of likely N-dealkylation sites (tertiary alicyclic amines) is 1. The van der Waals surface area contributed by atoms with Crippen LogP contribution in [0.15, 0.2) is 24.3 Å². The molecule has 0 aliphatic carbocycles. The van der Waals surface area contributed by atoms with Crippen LogP contribution in [0.2, 0.25) is 0 Å². The molecule has 0 aromatic heterocycles. The van der Waals surface area contributed by atoms with Gasteiger partial charge in [0.15, 0.2) is 0 Å². The maximum absolute atomic E-state index is 11.9. The summed E-state index contributed by atoms with van der Waals surface area (Å²) in [4.78, 5) is 14.0. The lowest BCUT2D eigenvalue weighted by Gasteiger charge is -2.32. The Kier molecular flexibility index (Phi) is 6.21. The van der Waals surface area contributed by atoms with E-state index in [9.17, 15) is 9.90 Å². The fourth-order valence-electron chi connectivity index (χ4n) is 2.87. The molecule has 2 rings (SSSR count). The summed E-state index contributed by atoms with van der Waals surface area (Å²) in [6.45, 7) is 4.31. The van der Waals surface area contributed by atoms with Crippen LogP contribution in [0.1, 0.15) is 31.4 Å². The number of piperidine rings is 1. The fourth-order valence-corrected chi connectivity index (χ4v) is 2.87. The molecule has 5 nitrogen and oxygen atoms in total. The zero-order chi connectivity index (χ0) is 15.9. The Bertz CT molecular complexity index is 491. The molecule has 1 aliphatic heterocycles. The van der Waals surface area contributed by atoms with Crippen molar-refractivity contribution in [2.75, 3.05) is 33.4 Å². The van der Waals surface area contributed by atoms with E-state index in [2.05, 4.69) is 4.90 Å². The van der Waals surface area contributed by atoms with Crippen LogP contribution in [-0.4, -0.2) is 49.3 Å². The van der Waals surface area contributed by atoms with Crippen molar-refractivity contribution in [3.05, 3.63) is 29.8 Å². The third kappa shape index (κ3) is 4.45. The molecule has 2 unspecified atom stereocenters. The van der Waals surface area contributed by atoms with Crippen LogP contribution < -0.4 is 4.74 Å². The second kappa shape index (κ2) is 8.15. The van der Waals surface area contributed by atoms with Crippen LogP contribution in [0, 0.1) is 5.92 Å². The van der Waals surface area contributed by atoms with Gasteiger partial charge in [-0.2, -0.15) is 0 Å². The van der Waals surface area contributed by atoms with Gasteiger partial charge in [0.1, 0.15) is 5.75 Å². The molecule has 2 atom stereocenters. The molecule has 1 saturated heterocycles. The lowest BCUT2D eigenvalue weighted by Crippen LogP contribution is -2.41. The Balaban J connectivity index is 1.93. The van der Waals surface area contributed by atoms with E-state index in [1.165, 1.54) is 0 Å². The highest BCUT2D eigenvalue weighted by Crippen LogP contribution is 2.23. The lowest BCUT2D eigenvalue weighted by molar-refractivity contribution is -0.150. The predicted octanol–water partition coefficient (Wildman–Crippen LogP) is 2.00. The van der Waals surface area contributed by atoms with Gasteiger partial charge < -0.3 is 14.6 Å². The molecule has 0 bridgehead atoms. The Labute approximate surface area is 131 Å². The fraction of sp³-hybridized carbons (Fsp3) is 0.588. The van der Waals surface area contributed by atoms with Crippen LogP contribution in [-0.2, 0) is 9.53 Å². The van der Waals surface area contributed by atoms with Crippen molar-refractivity contribution in [1.82, 2.24) is 4.90 Å². The summed E-state index contributed by atoms with van der Waals surface area (Å²) < 4.78 is 10.3. The van der Waals surface area contributed by atoms with Crippen LogP contribution in [0.4, 0.5) is 0 Å². The maximum atomic E-state index is 11.9. The number of esters is 1. The maximum Gasteiger partial charge on any atom is 0.310 e. The summed E-state index contributed by atoms with van der Waals surface area (Å²) in [6, 6.07) is 7.46. The highest BCUT2D eigenvalue weighted by molar-refractivity contribution is 5.72. The Morgan fingerprint density at radius 2 is 2.32 bits per heavy atom. The van der Waals surface area contributed by atoms with E-state index in [-0.39, 0.29) is 11.9 Å². The van der Waals surface area contributed by atoms with Crippen molar-refractivity contribution in [1.29, 1.82) is 0 Å². The van der Waals surface area contributed by atoms with E-state index in [1.54, 1.807) is 7.11 Å². The average molecular weight is 307 g/mol. The minimum Gasteiger partial charge on any atom is -0.497 e. The molecule has 1 heterocycles. The van der Waals surface area contributed by atoms with Gasteiger partial charge in [-0.15, -0.1) is 0 Å². The summed E-state index contributed by atoms with van der Waals surface area (Å²) in [6.07, 6.45) is 1.23. The summed E-state index contributed by atoms with van der Waals surface area (Å²) in [5.74, 6) is 0.536. The first kappa shape index (κ1) is 16.8. The number of carbonyl (C=O) groups is 1. The summed E-state index contributed by atoms with van der Waals surface area (Å²) in [5.41, 5.74) is 0.831. The Morgan fingerprint density at radius 1 is 1.50 bits per heavy atom. The summed E-state index contributed by atoms with van der Waals surface area (Å²) in [5, 5.41) is 10.4. The van der Waals surface area contributed by atoms with Crippen LogP contribution >= 0.6 is 0 Å². The molecule has 1 aromatic rings. The molecule has 5 heteroatoms. The molecule has 1 N–H and O–H groups in total. The first-order chi connectivity index (χ1) is 10.6. The van der Waals surface area contributed by atoms with E-state index >= 15 is 0 Å². The quantitative estimate of drug-likeness (QED) is 0.815. The molecule has 0 radical (unpaired) electrons. The minimum absolute atomic E-state index is 0.0776. The molecular weight excluding hydrogens is 282 g/mol. The number of aliphatic hydroxyl groups excluding tert-OH is 1. The number of benzene rings is 1. The molecule has 0 saturated carbocycles. The van der Waals surface area contributed by atoms with Gasteiger partial charge in [0.2, 0.25) is 0 Å². The molecule has 22 heavy (non-hydrogen) atoms. The first-order valence-corrected chi connectivity index (χ1v) is 7.85. The van der Waals surface area contributed by atoms with Gasteiger partial charge in [-0.25, -0.2) is 0 Å². The summed E-state index contributed by atoms with van der Waals surface area (Å²) >= 11 is 0. The van der Waals surface area contributed by atoms with Crippen molar-refractivity contribution in [2.45, 2.75) is 25.9 Å². The van der Waals surface area contributed by atoms with E-state index in [4.69, 9.17) is 9.47 Å². The van der Waals surface area contributed by atoms with Crippen molar-refractivity contribution in [3.63, 3.8) is 0 Å². The number of aliphatic hydroxyl groups is 1. The lowest BCUT2D eigenvalue weighted by atomic mass is 9.97. The number of rotatable bonds is 6. The van der Waals surface area contributed by atoms with Crippen LogP contribution in [0.3, 0.4) is 0 Å². The molecular formula is C17H25NO4. The van der Waals surface area contributed by atoms with Crippen molar-refractivity contribution >= 4 is 5.97 Å². The van der Waals surface area contributed by atoms with Crippen LogP contribution in [0.5, 0.6) is 5.75 Å². The molecule has 1 fully saturated rings. The van der Waals surface area contributed by atoms with E-state index < -0.39 is 6.10 Å². The highest BCUT2D eigenvalue weighted by Gasteiger charge is 2.28. The first-order valence-electron chi connectivity index (χ1n) is 7.85. The molecule has 0 amide bonds. The smallest absolute Gasteiger partial charge is 0.310 e. The van der Waals surface area contributed by atoms with Gasteiger partial charge in [0.05, 0.1) is 25.7 Å². The van der Waals surface area contributed by atoms with Crippen LogP contribution in [0.25, 0.3) is 0 Å². The van der Waals surface area contributed by atoms with Gasteiger partial charge in [0, 0.05) is 13.1 Å². The monoisotopic (exact) mass is 307 g/mol. The van der Waals surface area contributed by atoms with E-state index in [0.717, 1.165) is 30.7 Å². The number of carbonyl (C=O) groups excluding carboxylic acids is 1. The number of hydrogen-bond acceptors (Lipinski definition) is 5. The highest BCUT2D eigenvalue weighted by atomic mass is 16.5. The third-order valence-electron chi connectivity index (χ3n) is 4.04. The van der Waals surface area contributed by atoms with E-state index in [1.807, 2.05) is 31.2 Å². The topological polar surface area (TPSA) is 59.0 Å². The minimum atomic E-state index is -0.587. The molecule has 0 spiro atoms. The second-order valence-corrected chi connectivity index (χ2v) is 5.64. The largest absolute Gasteiger partial charge is 0.497 e. The summed E-state index contributed by atoms with van der Waals surface area (Å²) in [7, 11) is 1.61. The number of β-amino-alcohol motifs (C(OH)–C–C–N with tert-alkyl or cyclic N) is 1. The zero-order valence-corrected chi connectivity index (χ0v) is 13.3. The van der Waals surface area contributed by atoms with Gasteiger partial charge in [-0.1, -0.05) is 12.1 Å². The number of hydrogen-bond donors (Lipinski definition) is 1. The van der Waals surface area contributed by atoms with Crippen molar-refractivity contribution in [3.8, 4) is 5.75 Å². The van der Waals surface area contributed by atoms with E-state index in [0.29, 0.717) is 19.7 Å². The van der Waals surface area contributed by atoms with Crippen molar-refractivity contribution < 1.29 is 19.4 Å². The van der Waals surface area contributed by atoms with Gasteiger partial charge in [-0.3, -0.25) is 9.69 Å². The Hall–Kier alpha value is -1.59. The molecule has 122 valence electrons. The van der Waals surface area contributed by atoms with Crippen molar-refractivity contribution in [2.24, 2.45) is 5.92 Å². The molecule has 1 aliphatic rings. The SMILES string of the molecule is CCOC(=O)C1CCCN(CC(O)c2cccc(OC)c2)C1. The number of methoxy groups -OCH3 is 1. The number of ether oxygens (including phenoxy) is 2. The zero-order valence-electron chi connectivity index (χ0n) is 13.3. The van der Waals surface area contributed by atoms with Gasteiger partial charge in [-0.05, 0) is 44.0 Å². The second-order valence-electron chi connectivity index (χ2n) is 5.64. The van der Waals surface area contributed by atoms with Gasteiger partial charge in [0.25, 0.3) is 0 Å².